The van der Waals surface area contributed by atoms with Gasteiger partial charge in [-0.3, -0.25) is 0 Å². The molecule has 0 unspecified atom stereocenters. The molecule has 0 radical (unpaired) electrons. The maximum atomic E-state index is 13.3. The normalized spacial score (nSPS) is 10.8. The van der Waals surface area contributed by atoms with Gasteiger partial charge in [-0.1, -0.05) is 6.07 Å². The molecular weight excluding hydrogens is 314 g/mol. The van der Waals surface area contributed by atoms with Gasteiger partial charge in [0.1, 0.15) is 28.7 Å². The van der Waals surface area contributed by atoms with Crippen molar-refractivity contribution in [3.63, 3.8) is 0 Å². The van der Waals surface area contributed by atoms with Gasteiger partial charge in [-0.25, -0.2) is 13.6 Å². The second kappa shape index (κ2) is 5.92. The summed E-state index contributed by atoms with van der Waals surface area (Å²) in [6, 6.07) is 9.31. The minimum absolute atomic E-state index is 0.0177. The molecule has 122 valence electrons. The van der Waals surface area contributed by atoms with Gasteiger partial charge in [0.25, 0.3) is 0 Å². The van der Waals surface area contributed by atoms with Crippen molar-refractivity contribution in [3.05, 3.63) is 75.6 Å². The first-order valence-electron chi connectivity index (χ1n) is 7.27. The minimum atomic E-state index is -0.743. The Balaban J connectivity index is 2.23. The van der Waals surface area contributed by atoms with Crippen LogP contribution >= 0.6 is 0 Å². The van der Waals surface area contributed by atoms with E-state index in [9.17, 15) is 18.7 Å². The summed E-state index contributed by atoms with van der Waals surface area (Å²) in [5.41, 5.74) is 0.967. The average Bonchev–Trinajstić information content (AvgIpc) is 2.54. The van der Waals surface area contributed by atoms with Crippen molar-refractivity contribution < 1.29 is 18.3 Å². The van der Waals surface area contributed by atoms with E-state index in [0.717, 1.165) is 0 Å². The van der Waals surface area contributed by atoms with Crippen LogP contribution in [0.25, 0.3) is 22.5 Å². The lowest BCUT2D eigenvalue weighted by Gasteiger charge is -2.12. The Morgan fingerprint density at radius 1 is 0.958 bits per heavy atom. The lowest BCUT2D eigenvalue weighted by Crippen LogP contribution is -2.07. The van der Waals surface area contributed by atoms with E-state index in [1.54, 1.807) is 13.8 Å². The van der Waals surface area contributed by atoms with Crippen LogP contribution < -0.4 is 5.63 Å². The van der Waals surface area contributed by atoms with Gasteiger partial charge in [0, 0.05) is 11.1 Å². The Bertz CT molecular complexity index is 973. The fourth-order valence-electron chi connectivity index (χ4n) is 2.63. The average molecular weight is 328 g/mol. The lowest BCUT2D eigenvalue weighted by atomic mass is 9.98. The highest BCUT2D eigenvalue weighted by Gasteiger charge is 2.20. The highest BCUT2D eigenvalue weighted by atomic mass is 19.1. The predicted octanol–water partition coefficient (Wildman–Crippen LogP) is 4.57. The summed E-state index contributed by atoms with van der Waals surface area (Å²) < 4.78 is 31.7. The Morgan fingerprint density at radius 2 is 1.58 bits per heavy atom. The summed E-state index contributed by atoms with van der Waals surface area (Å²) in [5, 5.41) is 10.5. The molecule has 0 spiro atoms. The van der Waals surface area contributed by atoms with Crippen molar-refractivity contribution in [1.82, 2.24) is 0 Å². The molecule has 0 fully saturated rings. The maximum absolute atomic E-state index is 13.3. The van der Waals surface area contributed by atoms with Crippen LogP contribution in [0.1, 0.15) is 11.1 Å². The van der Waals surface area contributed by atoms with E-state index in [-0.39, 0.29) is 17.1 Å². The Labute approximate surface area is 136 Å². The number of hydrogen-bond donors (Lipinski definition) is 1. The van der Waals surface area contributed by atoms with Gasteiger partial charge >= 0.3 is 5.63 Å². The highest BCUT2D eigenvalue weighted by Crippen LogP contribution is 2.36. The van der Waals surface area contributed by atoms with Gasteiger partial charge in [0.05, 0.1) is 0 Å². The van der Waals surface area contributed by atoms with Crippen molar-refractivity contribution in [1.29, 1.82) is 0 Å². The molecule has 0 saturated carbocycles. The molecule has 1 aromatic heterocycles. The van der Waals surface area contributed by atoms with E-state index in [1.165, 1.54) is 42.5 Å². The van der Waals surface area contributed by atoms with E-state index in [4.69, 9.17) is 4.42 Å². The minimum Gasteiger partial charge on any atom is -0.507 e. The van der Waals surface area contributed by atoms with Crippen LogP contribution in [0.3, 0.4) is 0 Å². The van der Waals surface area contributed by atoms with Gasteiger partial charge in [0.2, 0.25) is 0 Å². The maximum Gasteiger partial charge on any atom is 0.347 e. The van der Waals surface area contributed by atoms with Crippen LogP contribution in [-0.2, 0) is 0 Å². The molecule has 0 aliphatic heterocycles. The SMILES string of the molecule is Cc1cc(F)ccc1-c1c(O)c(C)c(-c2ccc(F)cc2)oc1=O. The molecule has 0 aliphatic rings. The second-order valence-electron chi connectivity index (χ2n) is 5.53. The zero-order valence-electron chi connectivity index (χ0n) is 13.1. The van der Waals surface area contributed by atoms with E-state index in [0.29, 0.717) is 22.3 Å². The third-order valence-corrected chi connectivity index (χ3v) is 3.90. The molecule has 0 saturated heterocycles. The molecular formula is C19H14F2O3. The molecule has 3 nitrogen and oxygen atoms in total. The number of hydrogen-bond acceptors (Lipinski definition) is 3. The number of rotatable bonds is 2. The number of halogens is 2. The summed E-state index contributed by atoms with van der Waals surface area (Å²) in [4.78, 5) is 12.4. The molecule has 1 N–H and O–H groups in total. The first-order chi connectivity index (χ1) is 11.4. The molecule has 3 rings (SSSR count). The zero-order chi connectivity index (χ0) is 17.4. The monoisotopic (exact) mass is 328 g/mol. The van der Waals surface area contributed by atoms with Crippen LogP contribution in [0.5, 0.6) is 5.75 Å². The van der Waals surface area contributed by atoms with E-state index in [2.05, 4.69) is 0 Å². The number of aromatic hydroxyl groups is 1. The fourth-order valence-corrected chi connectivity index (χ4v) is 2.63. The van der Waals surface area contributed by atoms with Crippen LogP contribution in [0.2, 0.25) is 0 Å². The molecule has 1 heterocycles. The lowest BCUT2D eigenvalue weighted by molar-refractivity contribution is 0.450. The summed E-state index contributed by atoms with van der Waals surface area (Å²) in [5.74, 6) is -0.914. The second-order valence-corrected chi connectivity index (χ2v) is 5.53. The van der Waals surface area contributed by atoms with Crippen LogP contribution in [0.4, 0.5) is 8.78 Å². The molecule has 0 aliphatic carbocycles. The molecule has 3 aromatic rings. The third-order valence-electron chi connectivity index (χ3n) is 3.90. The van der Waals surface area contributed by atoms with Gasteiger partial charge < -0.3 is 9.52 Å². The van der Waals surface area contributed by atoms with E-state index in [1.807, 2.05) is 0 Å². The summed E-state index contributed by atoms with van der Waals surface area (Å²) >= 11 is 0. The summed E-state index contributed by atoms with van der Waals surface area (Å²) in [7, 11) is 0. The van der Waals surface area contributed by atoms with Gasteiger partial charge in [-0.05, 0) is 61.4 Å². The summed E-state index contributed by atoms with van der Waals surface area (Å²) in [6.45, 7) is 3.24. The zero-order valence-corrected chi connectivity index (χ0v) is 13.1. The van der Waals surface area contributed by atoms with Crippen LogP contribution in [0.15, 0.2) is 51.7 Å². The van der Waals surface area contributed by atoms with Crippen molar-refractivity contribution >= 4 is 0 Å². The molecule has 5 heteroatoms. The molecule has 0 amide bonds. The molecule has 24 heavy (non-hydrogen) atoms. The van der Waals surface area contributed by atoms with Crippen molar-refractivity contribution in [2.45, 2.75) is 13.8 Å². The first kappa shape index (κ1) is 15.9. The molecule has 2 aromatic carbocycles. The third kappa shape index (κ3) is 2.69. The van der Waals surface area contributed by atoms with Crippen molar-refractivity contribution in [2.75, 3.05) is 0 Å². The van der Waals surface area contributed by atoms with Gasteiger partial charge in [-0.15, -0.1) is 0 Å². The summed E-state index contributed by atoms with van der Waals surface area (Å²) in [6.07, 6.45) is 0. The van der Waals surface area contributed by atoms with Crippen LogP contribution in [0, 0.1) is 25.5 Å². The van der Waals surface area contributed by atoms with Gasteiger partial charge in [0.15, 0.2) is 0 Å². The first-order valence-corrected chi connectivity index (χ1v) is 7.27. The largest absolute Gasteiger partial charge is 0.507 e. The number of aryl methyl sites for hydroxylation is 1. The topological polar surface area (TPSA) is 50.4 Å². The Morgan fingerprint density at radius 3 is 2.21 bits per heavy atom. The van der Waals surface area contributed by atoms with Crippen molar-refractivity contribution in [3.8, 4) is 28.2 Å². The highest BCUT2D eigenvalue weighted by molar-refractivity contribution is 5.76. The fraction of sp³-hybridized carbons (Fsp3) is 0.105. The number of benzene rings is 2. The smallest absolute Gasteiger partial charge is 0.347 e. The Hall–Kier alpha value is -2.95. The predicted molar refractivity (Wildman–Crippen MR) is 86.9 cm³/mol. The van der Waals surface area contributed by atoms with E-state index < -0.39 is 17.3 Å². The molecule has 0 atom stereocenters. The molecule has 0 bridgehead atoms. The van der Waals surface area contributed by atoms with E-state index >= 15 is 0 Å². The van der Waals surface area contributed by atoms with Gasteiger partial charge in [-0.2, -0.15) is 0 Å². The van der Waals surface area contributed by atoms with Crippen molar-refractivity contribution in [2.24, 2.45) is 0 Å². The standard InChI is InChI=1S/C19H14F2O3/c1-10-9-14(21)7-8-15(10)16-17(22)11(2)18(24-19(16)23)12-3-5-13(20)6-4-12/h3-9,22H,1-2H3. The quantitative estimate of drug-likeness (QED) is 0.749. The Kier molecular flexibility index (Phi) is 3.93. The van der Waals surface area contributed by atoms with Crippen LogP contribution in [-0.4, -0.2) is 5.11 Å².